The summed E-state index contributed by atoms with van der Waals surface area (Å²) < 4.78 is 0. The van der Waals surface area contributed by atoms with E-state index in [1.807, 2.05) is 0 Å². The summed E-state index contributed by atoms with van der Waals surface area (Å²) in [5, 5.41) is 1.41. The number of benzene rings is 1. The van der Waals surface area contributed by atoms with Crippen LogP contribution in [0.25, 0.3) is 10.9 Å². The van der Waals surface area contributed by atoms with Crippen LogP contribution in [0.5, 0.6) is 0 Å². The Bertz CT molecular complexity index is 523. The van der Waals surface area contributed by atoms with Gasteiger partial charge in [0.1, 0.15) is 0 Å². The topological polar surface area (TPSA) is 19.0 Å². The lowest BCUT2D eigenvalue weighted by molar-refractivity contribution is 0.399. The summed E-state index contributed by atoms with van der Waals surface area (Å²) in [6.45, 7) is 5.57. The van der Waals surface area contributed by atoms with Crippen molar-refractivity contribution in [1.82, 2.24) is 9.88 Å². The minimum atomic E-state index is 1.11. The van der Waals surface area contributed by atoms with Crippen molar-refractivity contribution in [2.75, 3.05) is 20.6 Å². The van der Waals surface area contributed by atoms with Crippen LogP contribution in [0, 0.1) is 6.92 Å². The molecule has 0 atom stereocenters. The first-order valence-corrected chi connectivity index (χ1v) is 6.86. The summed E-state index contributed by atoms with van der Waals surface area (Å²) in [5.41, 5.74) is 5.57. The molecule has 0 radical (unpaired) electrons. The molecule has 1 N–H and O–H groups in total. The quantitative estimate of drug-likeness (QED) is 0.852. The molecule has 2 heteroatoms. The molecule has 0 fully saturated rings. The van der Waals surface area contributed by atoms with Gasteiger partial charge in [0, 0.05) is 16.6 Å². The van der Waals surface area contributed by atoms with Crippen LogP contribution in [-0.4, -0.2) is 30.5 Å². The molecule has 2 rings (SSSR count). The summed E-state index contributed by atoms with van der Waals surface area (Å²) in [4.78, 5) is 5.85. The van der Waals surface area contributed by atoms with Crippen molar-refractivity contribution in [3.05, 3.63) is 35.0 Å². The predicted octanol–water partition coefficient (Wildman–Crippen LogP) is 3.53. The van der Waals surface area contributed by atoms with E-state index < -0.39 is 0 Å². The molecule has 0 aliphatic rings. The maximum Gasteiger partial charge on any atom is 0.0459 e. The molecule has 1 aromatic carbocycles. The molecular formula is C16H24N2. The van der Waals surface area contributed by atoms with Gasteiger partial charge in [-0.2, -0.15) is 0 Å². The minimum Gasteiger partial charge on any atom is -0.358 e. The van der Waals surface area contributed by atoms with Crippen LogP contribution < -0.4 is 0 Å². The van der Waals surface area contributed by atoms with Gasteiger partial charge in [0.05, 0.1) is 0 Å². The molecule has 1 aromatic heterocycles. The zero-order valence-electron chi connectivity index (χ0n) is 12.0. The number of hydrogen-bond acceptors (Lipinski definition) is 1. The molecule has 0 saturated heterocycles. The lowest BCUT2D eigenvalue weighted by atomic mass is 10.0. The number of hydrogen-bond donors (Lipinski definition) is 1. The van der Waals surface area contributed by atoms with E-state index >= 15 is 0 Å². The van der Waals surface area contributed by atoms with E-state index in [4.69, 9.17) is 0 Å². The van der Waals surface area contributed by atoms with Gasteiger partial charge in [0.25, 0.3) is 0 Å². The maximum atomic E-state index is 3.60. The van der Waals surface area contributed by atoms with Crippen molar-refractivity contribution in [2.24, 2.45) is 0 Å². The highest BCUT2D eigenvalue weighted by Crippen LogP contribution is 2.25. The first-order valence-electron chi connectivity index (χ1n) is 6.86. The van der Waals surface area contributed by atoms with E-state index in [1.54, 1.807) is 0 Å². The van der Waals surface area contributed by atoms with Crippen molar-refractivity contribution in [1.29, 1.82) is 0 Å². The Morgan fingerprint density at radius 2 is 2.00 bits per heavy atom. The van der Waals surface area contributed by atoms with Crippen molar-refractivity contribution < 1.29 is 0 Å². The smallest absolute Gasteiger partial charge is 0.0459 e. The van der Waals surface area contributed by atoms with Gasteiger partial charge in [-0.1, -0.05) is 18.6 Å². The molecule has 1 heterocycles. The molecule has 0 unspecified atom stereocenters. The van der Waals surface area contributed by atoms with Crippen LogP contribution in [0.1, 0.15) is 30.2 Å². The SMILES string of the molecule is CCc1c(CCCN(C)C)[nH]c2ccc(C)cc12. The number of rotatable bonds is 5. The molecule has 98 valence electrons. The van der Waals surface area contributed by atoms with Gasteiger partial charge < -0.3 is 9.88 Å². The van der Waals surface area contributed by atoms with Gasteiger partial charge in [0.15, 0.2) is 0 Å². The molecule has 2 aromatic rings. The molecule has 0 spiro atoms. The van der Waals surface area contributed by atoms with Gasteiger partial charge in [0.2, 0.25) is 0 Å². The number of aryl methyl sites for hydroxylation is 3. The normalized spacial score (nSPS) is 11.6. The molecule has 18 heavy (non-hydrogen) atoms. The van der Waals surface area contributed by atoms with Crippen LogP contribution in [0.3, 0.4) is 0 Å². The van der Waals surface area contributed by atoms with Crippen LogP contribution in [0.2, 0.25) is 0 Å². The van der Waals surface area contributed by atoms with Crippen LogP contribution in [0.15, 0.2) is 18.2 Å². The highest BCUT2D eigenvalue weighted by molar-refractivity contribution is 5.85. The number of H-pyrrole nitrogens is 1. The van der Waals surface area contributed by atoms with E-state index in [0.717, 1.165) is 19.4 Å². The zero-order chi connectivity index (χ0) is 13.1. The lowest BCUT2D eigenvalue weighted by Crippen LogP contribution is -2.13. The van der Waals surface area contributed by atoms with Crippen LogP contribution >= 0.6 is 0 Å². The Hall–Kier alpha value is -1.28. The predicted molar refractivity (Wildman–Crippen MR) is 79.3 cm³/mol. The average molecular weight is 244 g/mol. The fourth-order valence-corrected chi connectivity index (χ4v) is 2.61. The monoisotopic (exact) mass is 244 g/mol. The van der Waals surface area contributed by atoms with Crippen molar-refractivity contribution in [2.45, 2.75) is 33.1 Å². The maximum absolute atomic E-state index is 3.60. The highest BCUT2D eigenvalue weighted by atomic mass is 15.0. The Balaban J connectivity index is 2.27. The third-order valence-corrected chi connectivity index (χ3v) is 3.54. The third-order valence-electron chi connectivity index (χ3n) is 3.54. The second-order valence-corrected chi connectivity index (χ2v) is 5.39. The summed E-state index contributed by atoms with van der Waals surface area (Å²) in [6, 6.07) is 6.70. The fourth-order valence-electron chi connectivity index (χ4n) is 2.61. The fraction of sp³-hybridized carbons (Fsp3) is 0.500. The number of aromatic amines is 1. The van der Waals surface area contributed by atoms with Gasteiger partial charge in [-0.15, -0.1) is 0 Å². The Morgan fingerprint density at radius 3 is 2.67 bits per heavy atom. The van der Waals surface area contributed by atoms with Crippen LogP contribution in [0.4, 0.5) is 0 Å². The molecule has 0 bridgehead atoms. The largest absolute Gasteiger partial charge is 0.358 e. The number of fused-ring (bicyclic) bond motifs is 1. The average Bonchev–Trinajstić information content (AvgIpc) is 2.65. The van der Waals surface area contributed by atoms with Crippen molar-refractivity contribution in [3.8, 4) is 0 Å². The third kappa shape index (κ3) is 2.75. The number of nitrogens with zero attached hydrogens (tertiary/aromatic N) is 1. The number of nitrogens with one attached hydrogen (secondary N) is 1. The summed E-state index contributed by atoms with van der Waals surface area (Å²) >= 11 is 0. The summed E-state index contributed by atoms with van der Waals surface area (Å²) in [6.07, 6.45) is 3.47. The second-order valence-electron chi connectivity index (χ2n) is 5.39. The summed E-state index contributed by atoms with van der Waals surface area (Å²) in [5.74, 6) is 0. The molecule has 0 saturated carbocycles. The molecular weight excluding hydrogens is 220 g/mol. The van der Waals surface area contributed by atoms with E-state index in [9.17, 15) is 0 Å². The molecule has 0 aliphatic carbocycles. The van der Waals surface area contributed by atoms with Gasteiger partial charge in [-0.3, -0.25) is 0 Å². The second kappa shape index (κ2) is 5.57. The van der Waals surface area contributed by atoms with Gasteiger partial charge in [-0.05, 0) is 64.5 Å². The Kier molecular flexibility index (Phi) is 4.07. The molecule has 0 aliphatic heterocycles. The van der Waals surface area contributed by atoms with E-state index in [1.165, 1.54) is 34.1 Å². The van der Waals surface area contributed by atoms with Gasteiger partial charge >= 0.3 is 0 Å². The van der Waals surface area contributed by atoms with Crippen molar-refractivity contribution >= 4 is 10.9 Å². The summed E-state index contributed by atoms with van der Waals surface area (Å²) in [7, 11) is 4.27. The van der Waals surface area contributed by atoms with Crippen LogP contribution in [-0.2, 0) is 12.8 Å². The van der Waals surface area contributed by atoms with Crippen molar-refractivity contribution in [3.63, 3.8) is 0 Å². The molecule has 0 amide bonds. The first-order chi connectivity index (χ1) is 8.61. The number of aromatic nitrogens is 1. The van der Waals surface area contributed by atoms with Gasteiger partial charge in [-0.25, -0.2) is 0 Å². The van der Waals surface area contributed by atoms with E-state index in [0.29, 0.717) is 0 Å². The zero-order valence-corrected chi connectivity index (χ0v) is 12.0. The Morgan fingerprint density at radius 1 is 1.22 bits per heavy atom. The lowest BCUT2D eigenvalue weighted by Gasteiger charge is -2.09. The van der Waals surface area contributed by atoms with E-state index in [-0.39, 0.29) is 0 Å². The highest BCUT2D eigenvalue weighted by Gasteiger charge is 2.09. The Labute approximate surface area is 110 Å². The standard InChI is InChI=1S/C16H24N2/c1-5-13-14-11-12(2)8-9-16(14)17-15(13)7-6-10-18(3)4/h8-9,11,17H,5-7,10H2,1-4H3. The first kappa shape index (κ1) is 13.2. The minimum absolute atomic E-state index is 1.11. The van der Waals surface area contributed by atoms with E-state index in [2.05, 4.69) is 56.0 Å². The molecule has 2 nitrogen and oxygen atoms in total.